The summed E-state index contributed by atoms with van der Waals surface area (Å²) in [7, 11) is 1.71. The summed E-state index contributed by atoms with van der Waals surface area (Å²) in [5, 5.41) is 8.00. The number of para-hydroxylation sites is 1. The Bertz CT molecular complexity index is 555. The molecule has 4 heteroatoms. The van der Waals surface area contributed by atoms with Crippen LogP contribution in [0.2, 0.25) is 0 Å². The number of nitrogens with one attached hydrogen (secondary N) is 1. The summed E-state index contributed by atoms with van der Waals surface area (Å²) in [5.41, 5.74) is 3.77. The molecule has 0 bridgehead atoms. The Hall–Kier alpha value is -1.97. The van der Waals surface area contributed by atoms with Gasteiger partial charge in [-0.25, -0.2) is 0 Å². The number of nitrogens with zero attached hydrogens (tertiary/aromatic N) is 2. The Kier molecular flexibility index (Phi) is 3.15. The largest absolute Gasteiger partial charge is 0.493 e. The topological polar surface area (TPSA) is 39.1 Å². The lowest BCUT2D eigenvalue weighted by Crippen LogP contribution is -2.21. The standard InChI is InChI=1S/C15H19N3O/c1-3-18-15(14(19-2)10-16-18)13-9-8-11-6-4-5-7-12(11)17-13/h4-7,10,13,17H,3,8-9H2,1-2H3. The van der Waals surface area contributed by atoms with E-state index in [1.165, 1.54) is 11.3 Å². The van der Waals surface area contributed by atoms with Gasteiger partial charge in [-0.1, -0.05) is 18.2 Å². The smallest absolute Gasteiger partial charge is 0.162 e. The number of rotatable bonds is 3. The number of benzene rings is 1. The molecular weight excluding hydrogens is 238 g/mol. The van der Waals surface area contributed by atoms with Crippen LogP contribution in [0.3, 0.4) is 0 Å². The van der Waals surface area contributed by atoms with Crippen LogP contribution in [0.1, 0.15) is 30.6 Å². The molecule has 1 aromatic heterocycles. The third-order valence-corrected chi connectivity index (χ3v) is 3.74. The van der Waals surface area contributed by atoms with Gasteiger partial charge in [0.15, 0.2) is 5.75 Å². The number of hydrogen-bond acceptors (Lipinski definition) is 3. The Morgan fingerprint density at radius 1 is 1.42 bits per heavy atom. The fourth-order valence-electron chi connectivity index (χ4n) is 2.78. The number of ether oxygens (including phenoxy) is 1. The van der Waals surface area contributed by atoms with Gasteiger partial charge in [-0.05, 0) is 31.4 Å². The fourth-order valence-corrected chi connectivity index (χ4v) is 2.78. The van der Waals surface area contributed by atoms with E-state index < -0.39 is 0 Å². The van der Waals surface area contributed by atoms with Gasteiger partial charge in [0.05, 0.1) is 19.3 Å². The van der Waals surface area contributed by atoms with E-state index in [0.29, 0.717) is 0 Å². The van der Waals surface area contributed by atoms with Gasteiger partial charge in [-0.15, -0.1) is 0 Å². The average molecular weight is 257 g/mol. The van der Waals surface area contributed by atoms with Crippen molar-refractivity contribution in [2.75, 3.05) is 12.4 Å². The van der Waals surface area contributed by atoms with Gasteiger partial charge in [0.2, 0.25) is 0 Å². The summed E-state index contributed by atoms with van der Waals surface area (Å²) in [6.45, 7) is 2.96. The molecule has 19 heavy (non-hydrogen) atoms. The molecule has 0 amide bonds. The molecular formula is C15H19N3O. The van der Waals surface area contributed by atoms with Gasteiger partial charge >= 0.3 is 0 Å². The van der Waals surface area contributed by atoms with E-state index in [4.69, 9.17) is 4.74 Å². The van der Waals surface area contributed by atoms with Crippen LogP contribution in [0.25, 0.3) is 0 Å². The average Bonchev–Trinajstić information content (AvgIpc) is 2.89. The van der Waals surface area contributed by atoms with Crippen molar-refractivity contribution >= 4 is 5.69 Å². The number of hydrogen-bond donors (Lipinski definition) is 1. The van der Waals surface area contributed by atoms with Crippen LogP contribution in [-0.2, 0) is 13.0 Å². The van der Waals surface area contributed by atoms with Crippen molar-refractivity contribution in [3.05, 3.63) is 41.7 Å². The van der Waals surface area contributed by atoms with E-state index in [1.54, 1.807) is 13.3 Å². The maximum Gasteiger partial charge on any atom is 0.162 e. The van der Waals surface area contributed by atoms with Gasteiger partial charge in [0, 0.05) is 12.2 Å². The second kappa shape index (κ2) is 4.96. The Balaban J connectivity index is 1.94. The minimum atomic E-state index is 0.271. The summed E-state index contributed by atoms with van der Waals surface area (Å²) in [5.74, 6) is 0.874. The van der Waals surface area contributed by atoms with Gasteiger partial charge in [0.25, 0.3) is 0 Å². The zero-order chi connectivity index (χ0) is 13.2. The van der Waals surface area contributed by atoms with E-state index in [0.717, 1.165) is 30.8 Å². The fraction of sp³-hybridized carbons (Fsp3) is 0.400. The molecule has 0 spiro atoms. The molecule has 0 fully saturated rings. The van der Waals surface area contributed by atoms with Gasteiger partial charge < -0.3 is 10.1 Å². The molecule has 3 rings (SSSR count). The van der Waals surface area contributed by atoms with E-state index in [9.17, 15) is 0 Å². The molecule has 100 valence electrons. The van der Waals surface area contributed by atoms with Gasteiger partial charge in [-0.3, -0.25) is 4.68 Å². The van der Waals surface area contributed by atoms with Crippen molar-refractivity contribution in [3.8, 4) is 5.75 Å². The van der Waals surface area contributed by atoms with E-state index in [-0.39, 0.29) is 6.04 Å². The predicted octanol–water partition coefficient (Wildman–Crippen LogP) is 3.01. The molecule has 1 N–H and O–H groups in total. The number of methoxy groups -OCH3 is 1. The lowest BCUT2D eigenvalue weighted by Gasteiger charge is -2.28. The Morgan fingerprint density at radius 3 is 3.05 bits per heavy atom. The second-order valence-corrected chi connectivity index (χ2v) is 4.81. The second-order valence-electron chi connectivity index (χ2n) is 4.81. The summed E-state index contributed by atoms with van der Waals surface area (Å²) in [6.07, 6.45) is 3.96. The van der Waals surface area contributed by atoms with Crippen LogP contribution in [0.5, 0.6) is 5.75 Å². The molecule has 2 heterocycles. The molecule has 0 aliphatic carbocycles. The summed E-state index contributed by atoms with van der Waals surface area (Å²) >= 11 is 0. The lowest BCUT2D eigenvalue weighted by molar-refractivity contribution is 0.401. The number of anilines is 1. The molecule has 1 atom stereocenters. The maximum absolute atomic E-state index is 5.45. The van der Waals surface area contributed by atoms with E-state index in [1.807, 2.05) is 4.68 Å². The van der Waals surface area contributed by atoms with Crippen LogP contribution in [-0.4, -0.2) is 16.9 Å². The molecule has 0 radical (unpaired) electrons. The SMILES string of the molecule is CCn1ncc(OC)c1C1CCc2ccccc2N1. The number of aromatic nitrogens is 2. The highest BCUT2D eigenvalue weighted by molar-refractivity contribution is 5.55. The van der Waals surface area contributed by atoms with Crippen LogP contribution in [0.15, 0.2) is 30.5 Å². The summed E-state index contributed by atoms with van der Waals surface area (Å²) in [6, 6.07) is 8.76. The first-order valence-corrected chi connectivity index (χ1v) is 6.77. The molecule has 4 nitrogen and oxygen atoms in total. The molecule has 2 aromatic rings. The summed E-state index contributed by atoms with van der Waals surface area (Å²) < 4.78 is 7.46. The highest BCUT2D eigenvalue weighted by Crippen LogP contribution is 2.36. The van der Waals surface area contributed by atoms with Crippen molar-refractivity contribution in [3.63, 3.8) is 0 Å². The molecule has 0 saturated heterocycles. The quantitative estimate of drug-likeness (QED) is 0.918. The minimum absolute atomic E-state index is 0.271. The van der Waals surface area contributed by atoms with Crippen molar-refractivity contribution in [1.29, 1.82) is 0 Å². The Morgan fingerprint density at radius 2 is 2.26 bits per heavy atom. The number of fused-ring (bicyclic) bond motifs is 1. The monoisotopic (exact) mass is 257 g/mol. The zero-order valence-corrected chi connectivity index (χ0v) is 11.4. The highest BCUT2D eigenvalue weighted by Gasteiger charge is 2.25. The lowest BCUT2D eigenvalue weighted by atomic mass is 9.96. The van der Waals surface area contributed by atoms with Crippen LogP contribution < -0.4 is 10.1 Å². The first-order chi connectivity index (χ1) is 9.33. The van der Waals surface area contributed by atoms with Gasteiger partial charge in [-0.2, -0.15) is 5.10 Å². The molecule has 1 unspecified atom stereocenters. The first-order valence-electron chi connectivity index (χ1n) is 6.77. The van der Waals surface area contributed by atoms with Crippen LogP contribution in [0.4, 0.5) is 5.69 Å². The highest BCUT2D eigenvalue weighted by atomic mass is 16.5. The van der Waals surface area contributed by atoms with Crippen LogP contribution >= 0.6 is 0 Å². The van der Waals surface area contributed by atoms with Crippen molar-refractivity contribution in [2.24, 2.45) is 0 Å². The molecule has 0 saturated carbocycles. The van der Waals surface area contributed by atoms with Crippen LogP contribution in [0, 0.1) is 0 Å². The normalized spacial score (nSPS) is 17.7. The Labute approximate surface area is 113 Å². The minimum Gasteiger partial charge on any atom is -0.493 e. The van der Waals surface area contributed by atoms with Crippen molar-refractivity contribution in [1.82, 2.24) is 9.78 Å². The zero-order valence-electron chi connectivity index (χ0n) is 11.4. The van der Waals surface area contributed by atoms with E-state index >= 15 is 0 Å². The molecule has 1 aliphatic rings. The number of aryl methyl sites for hydroxylation is 2. The van der Waals surface area contributed by atoms with Gasteiger partial charge in [0.1, 0.15) is 5.69 Å². The predicted molar refractivity (Wildman–Crippen MR) is 75.6 cm³/mol. The molecule has 1 aliphatic heterocycles. The molecule has 1 aromatic carbocycles. The van der Waals surface area contributed by atoms with Crippen molar-refractivity contribution < 1.29 is 4.74 Å². The third-order valence-electron chi connectivity index (χ3n) is 3.74. The summed E-state index contributed by atoms with van der Waals surface area (Å²) in [4.78, 5) is 0. The van der Waals surface area contributed by atoms with Crippen molar-refractivity contribution in [2.45, 2.75) is 32.4 Å². The maximum atomic E-state index is 5.45. The van der Waals surface area contributed by atoms with E-state index in [2.05, 4.69) is 41.6 Å². The third kappa shape index (κ3) is 2.07. The first kappa shape index (κ1) is 12.1.